The van der Waals surface area contributed by atoms with Gasteiger partial charge < -0.3 is 14.6 Å². The van der Waals surface area contributed by atoms with E-state index in [2.05, 4.69) is 0 Å². The van der Waals surface area contributed by atoms with Gasteiger partial charge in [0.25, 0.3) is 0 Å². The minimum Gasteiger partial charge on any atom is -0.493 e. The fourth-order valence-electron chi connectivity index (χ4n) is 1.68. The number of carboxylic acids is 1. The number of hydrogen-bond acceptors (Lipinski definition) is 4. The van der Waals surface area contributed by atoms with E-state index < -0.39 is 12.4 Å². The molecule has 0 aliphatic rings. The number of aliphatic carboxylic acids is 1. The largest absolute Gasteiger partial charge is 0.493 e. The van der Waals surface area contributed by atoms with Crippen LogP contribution in [0.4, 0.5) is 0 Å². The highest BCUT2D eigenvalue weighted by molar-refractivity contribution is 5.94. The third-order valence-corrected chi connectivity index (χ3v) is 2.51. The zero-order valence-corrected chi connectivity index (χ0v) is 10.4. The number of Topliss-reactive ketones (excluding diaryl/α,β-unsaturated/α-hetero) is 1. The molecule has 98 valence electrons. The van der Waals surface area contributed by atoms with Gasteiger partial charge in [0, 0.05) is 6.42 Å². The van der Waals surface area contributed by atoms with E-state index in [-0.39, 0.29) is 12.2 Å². The Bertz CT molecular complexity index is 439. The number of ether oxygens (including phenoxy) is 2. The number of ketones is 1. The van der Waals surface area contributed by atoms with Crippen molar-refractivity contribution in [3.8, 4) is 11.5 Å². The van der Waals surface area contributed by atoms with Gasteiger partial charge in [0.1, 0.15) is 12.2 Å². The Balaban J connectivity index is 2.72. The molecule has 0 spiro atoms. The lowest BCUT2D eigenvalue weighted by atomic mass is 10.0. The number of para-hydroxylation sites is 1. The van der Waals surface area contributed by atoms with Crippen LogP contribution in [0.1, 0.15) is 18.4 Å². The van der Waals surface area contributed by atoms with Crippen molar-refractivity contribution in [1.82, 2.24) is 0 Å². The molecule has 1 N–H and O–H groups in total. The van der Waals surface area contributed by atoms with Crippen molar-refractivity contribution < 1.29 is 24.2 Å². The van der Waals surface area contributed by atoms with Crippen LogP contribution in [0.25, 0.3) is 0 Å². The standard InChI is InChI=1S/C13H16O5/c1-17-11-5-3-4-9(13(11)18-2)6-7-10(14)8-12(15)16/h3-5H,6-8H2,1-2H3,(H,15,16). The lowest BCUT2D eigenvalue weighted by Gasteiger charge is -2.11. The van der Waals surface area contributed by atoms with Crippen LogP contribution in [0.2, 0.25) is 0 Å². The van der Waals surface area contributed by atoms with Crippen LogP contribution in [0.15, 0.2) is 18.2 Å². The summed E-state index contributed by atoms with van der Waals surface area (Å²) in [5.41, 5.74) is 0.829. The molecule has 0 amide bonds. The quantitative estimate of drug-likeness (QED) is 0.747. The molecule has 18 heavy (non-hydrogen) atoms. The van der Waals surface area contributed by atoms with Crippen LogP contribution in [0.3, 0.4) is 0 Å². The second-order valence-corrected chi connectivity index (χ2v) is 3.76. The SMILES string of the molecule is COc1cccc(CCC(=O)CC(=O)O)c1OC. The predicted molar refractivity (Wildman–Crippen MR) is 65.1 cm³/mol. The maximum atomic E-state index is 11.3. The van der Waals surface area contributed by atoms with Gasteiger partial charge in [-0.1, -0.05) is 12.1 Å². The molecular weight excluding hydrogens is 236 g/mol. The zero-order chi connectivity index (χ0) is 13.5. The van der Waals surface area contributed by atoms with Gasteiger partial charge in [-0.15, -0.1) is 0 Å². The molecule has 0 radical (unpaired) electrons. The van der Waals surface area contributed by atoms with E-state index in [1.807, 2.05) is 6.07 Å². The molecule has 1 aromatic rings. The molecule has 0 bridgehead atoms. The summed E-state index contributed by atoms with van der Waals surface area (Å²) >= 11 is 0. The van der Waals surface area contributed by atoms with Gasteiger partial charge in [-0.3, -0.25) is 9.59 Å². The van der Waals surface area contributed by atoms with Crippen LogP contribution in [0.5, 0.6) is 11.5 Å². The molecule has 0 aromatic heterocycles. The Kier molecular flexibility index (Phi) is 5.17. The van der Waals surface area contributed by atoms with E-state index in [9.17, 15) is 9.59 Å². The summed E-state index contributed by atoms with van der Waals surface area (Å²) in [6.07, 6.45) is 0.175. The summed E-state index contributed by atoms with van der Waals surface area (Å²) in [5.74, 6) is -0.214. The summed E-state index contributed by atoms with van der Waals surface area (Å²) < 4.78 is 10.4. The van der Waals surface area contributed by atoms with E-state index in [0.29, 0.717) is 17.9 Å². The van der Waals surface area contributed by atoms with Crippen LogP contribution < -0.4 is 9.47 Å². The van der Waals surface area contributed by atoms with E-state index in [1.165, 1.54) is 14.2 Å². The molecule has 0 unspecified atom stereocenters. The number of carbonyl (C=O) groups is 2. The average Bonchev–Trinajstić information content (AvgIpc) is 2.34. The smallest absolute Gasteiger partial charge is 0.310 e. The molecule has 0 fully saturated rings. The van der Waals surface area contributed by atoms with Gasteiger partial charge >= 0.3 is 5.97 Å². The Hall–Kier alpha value is -2.04. The Morgan fingerprint density at radius 2 is 1.94 bits per heavy atom. The summed E-state index contributed by atoms with van der Waals surface area (Å²) in [4.78, 5) is 21.7. The van der Waals surface area contributed by atoms with E-state index in [4.69, 9.17) is 14.6 Å². The third-order valence-electron chi connectivity index (χ3n) is 2.51. The van der Waals surface area contributed by atoms with Crippen molar-refractivity contribution in [2.45, 2.75) is 19.3 Å². The number of aryl methyl sites for hydroxylation is 1. The van der Waals surface area contributed by atoms with E-state index in [0.717, 1.165) is 5.56 Å². The summed E-state index contributed by atoms with van der Waals surface area (Å²) in [6, 6.07) is 5.40. The average molecular weight is 252 g/mol. The van der Waals surface area contributed by atoms with Gasteiger partial charge in [-0.05, 0) is 18.1 Å². The van der Waals surface area contributed by atoms with Crippen molar-refractivity contribution in [1.29, 1.82) is 0 Å². The summed E-state index contributed by atoms with van der Waals surface area (Å²) in [7, 11) is 3.07. The Morgan fingerprint density at radius 3 is 2.50 bits per heavy atom. The van der Waals surface area contributed by atoms with Gasteiger partial charge in [0.2, 0.25) is 0 Å². The number of benzene rings is 1. The Labute approximate surface area is 105 Å². The second kappa shape index (κ2) is 6.64. The third kappa shape index (κ3) is 3.76. The van der Waals surface area contributed by atoms with Crippen molar-refractivity contribution in [3.05, 3.63) is 23.8 Å². The number of carbonyl (C=O) groups excluding carboxylic acids is 1. The minimum atomic E-state index is -1.10. The Morgan fingerprint density at radius 1 is 1.22 bits per heavy atom. The van der Waals surface area contributed by atoms with Crippen LogP contribution in [-0.4, -0.2) is 31.1 Å². The maximum absolute atomic E-state index is 11.3. The molecule has 5 heteroatoms. The zero-order valence-electron chi connectivity index (χ0n) is 10.4. The predicted octanol–water partition coefficient (Wildman–Crippen LogP) is 1.68. The number of methoxy groups -OCH3 is 2. The number of carboxylic acid groups (broad SMARTS) is 1. The molecule has 0 aliphatic heterocycles. The first-order chi connectivity index (χ1) is 8.58. The molecule has 0 saturated carbocycles. The molecule has 1 rings (SSSR count). The molecule has 0 heterocycles. The van der Waals surface area contributed by atoms with Gasteiger partial charge in [0.15, 0.2) is 11.5 Å². The highest BCUT2D eigenvalue weighted by Crippen LogP contribution is 2.31. The topological polar surface area (TPSA) is 72.8 Å². The van der Waals surface area contributed by atoms with Crippen LogP contribution >= 0.6 is 0 Å². The first kappa shape index (κ1) is 14.0. The first-order valence-electron chi connectivity index (χ1n) is 5.51. The summed E-state index contributed by atoms with van der Waals surface area (Å²) in [6.45, 7) is 0. The van der Waals surface area contributed by atoms with Crippen molar-refractivity contribution >= 4 is 11.8 Å². The molecule has 5 nitrogen and oxygen atoms in total. The number of rotatable bonds is 7. The van der Waals surface area contributed by atoms with Crippen molar-refractivity contribution in [2.75, 3.05) is 14.2 Å². The molecule has 0 aliphatic carbocycles. The minimum absolute atomic E-state index is 0.176. The highest BCUT2D eigenvalue weighted by atomic mass is 16.5. The van der Waals surface area contributed by atoms with Gasteiger partial charge in [0.05, 0.1) is 14.2 Å². The molecule has 0 atom stereocenters. The molecule has 1 aromatic carbocycles. The number of hydrogen-bond donors (Lipinski definition) is 1. The van der Waals surface area contributed by atoms with Gasteiger partial charge in [-0.2, -0.15) is 0 Å². The highest BCUT2D eigenvalue weighted by Gasteiger charge is 2.12. The second-order valence-electron chi connectivity index (χ2n) is 3.76. The fourth-order valence-corrected chi connectivity index (χ4v) is 1.68. The van der Waals surface area contributed by atoms with Crippen molar-refractivity contribution in [3.63, 3.8) is 0 Å². The van der Waals surface area contributed by atoms with E-state index in [1.54, 1.807) is 12.1 Å². The van der Waals surface area contributed by atoms with Gasteiger partial charge in [-0.25, -0.2) is 0 Å². The molecular formula is C13H16O5. The van der Waals surface area contributed by atoms with Crippen LogP contribution in [0, 0.1) is 0 Å². The monoisotopic (exact) mass is 252 g/mol. The maximum Gasteiger partial charge on any atom is 0.310 e. The van der Waals surface area contributed by atoms with Crippen molar-refractivity contribution in [2.24, 2.45) is 0 Å². The normalized spacial score (nSPS) is 9.89. The molecule has 0 saturated heterocycles. The fraction of sp³-hybridized carbons (Fsp3) is 0.385. The summed E-state index contributed by atoms with van der Waals surface area (Å²) in [5, 5.41) is 8.50. The lowest BCUT2D eigenvalue weighted by molar-refractivity contribution is -0.140. The van der Waals surface area contributed by atoms with Crippen LogP contribution in [-0.2, 0) is 16.0 Å². The van der Waals surface area contributed by atoms with E-state index >= 15 is 0 Å². The lowest BCUT2D eigenvalue weighted by Crippen LogP contribution is -2.08. The first-order valence-corrected chi connectivity index (χ1v) is 5.51.